The van der Waals surface area contributed by atoms with Gasteiger partial charge in [0.15, 0.2) is 0 Å². The fraction of sp³-hybridized carbons (Fsp3) is 0.267. The number of rotatable bonds is 4. The Labute approximate surface area is 148 Å². The van der Waals surface area contributed by atoms with Crippen molar-refractivity contribution in [3.05, 3.63) is 44.1 Å². The lowest BCUT2D eigenvalue weighted by atomic mass is 10.1. The summed E-state index contributed by atoms with van der Waals surface area (Å²) in [5.74, 6) is 0. The molecule has 0 aliphatic carbocycles. The Kier molecular flexibility index (Phi) is 5.69. The summed E-state index contributed by atoms with van der Waals surface area (Å²) in [6.07, 6.45) is 0. The van der Waals surface area contributed by atoms with Crippen molar-refractivity contribution in [1.82, 2.24) is 4.98 Å². The van der Waals surface area contributed by atoms with Gasteiger partial charge in [-0.15, -0.1) is 35.1 Å². The average molecular weight is 374 g/mol. The smallest absolute Gasteiger partial charge is 0.131 e. The highest BCUT2D eigenvalue weighted by Gasteiger charge is 2.16. The van der Waals surface area contributed by atoms with Gasteiger partial charge >= 0.3 is 0 Å². The summed E-state index contributed by atoms with van der Waals surface area (Å²) < 4.78 is 1.13. The van der Waals surface area contributed by atoms with E-state index in [2.05, 4.69) is 34.7 Å². The molecule has 0 aliphatic heterocycles. The van der Waals surface area contributed by atoms with Crippen LogP contribution in [0.1, 0.15) is 28.3 Å². The summed E-state index contributed by atoms with van der Waals surface area (Å²) in [5, 5.41) is 6.05. The molecular weight excluding hydrogens is 357 g/mol. The maximum Gasteiger partial charge on any atom is 0.131 e. The summed E-state index contributed by atoms with van der Waals surface area (Å²) in [4.78, 5) is 6.92. The third-order valence-electron chi connectivity index (χ3n) is 3.33. The van der Waals surface area contributed by atoms with E-state index in [9.17, 15) is 0 Å². The van der Waals surface area contributed by atoms with E-state index in [1.165, 1.54) is 9.75 Å². The van der Waals surface area contributed by atoms with E-state index < -0.39 is 0 Å². The Morgan fingerprint density at radius 3 is 2.86 bits per heavy atom. The highest BCUT2D eigenvalue weighted by Crippen LogP contribution is 2.38. The third-order valence-corrected chi connectivity index (χ3v) is 5.91. The first kappa shape index (κ1) is 17.5. The number of nitrogens with two attached hydrogens (primary N) is 1. The van der Waals surface area contributed by atoms with Crippen molar-refractivity contribution in [2.45, 2.75) is 26.4 Å². The van der Waals surface area contributed by atoms with Crippen molar-refractivity contribution in [2.75, 3.05) is 5.32 Å². The molecule has 3 nitrogen and oxygen atoms in total. The summed E-state index contributed by atoms with van der Waals surface area (Å²) in [5.41, 5.74) is 9.16. The molecule has 3 aromatic heterocycles. The summed E-state index contributed by atoms with van der Waals surface area (Å²) in [6.45, 7) is 4.85. The van der Waals surface area contributed by atoms with Gasteiger partial charge < -0.3 is 11.1 Å². The van der Waals surface area contributed by atoms with Crippen LogP contribution in [0.3, 0.4) is 0 Å². The standard InChI is InChI=1S/C15H16ClN3S2.ClH/c1-8-13-15(21-14(8)9(2)17)11(6-12(16)19-13)18-7-10-4-3-5-20-10;/h3-6,9H,7,17H2,1-2H3,(H,18,19);1H/t9-;/m0./s1. The molecule has 3 aromatic rings. The molecule has 0 bridgehead atoms. The zero-order valence-electron chi connectivity index (χ0n) is 12.2. The van der Waals surface area contributed by atoms with Gasteiger partial charge in [-0.3, -0.25) is 0 Å². The number of pyridine rings is 1. The van der Waals surface area contributed by atoms with Gasteiger partial charge in [0, 0.05) is 28.4 Å². The molecule has 0 saturated heterocycles. The van der Waals surface area contributed by atoms with Crippen LogP contribution in [-0.2, 0) is 6.54 Å². The lowest BCUT2D eigenvalue weighted by molar-refractivity contribution is 0.832. The van der Waals surface area contributed by atoms with Crippen molar-refractivity contribution in [2.24, 2.45) is 5.73 Å². The van der Waals surface area contributed by atoms with Crippen LogP contribution in [0.25, 0.3) is 10.2 Å². The van der Waals surface area contributed by atoms with Crippen LogP contribution in [0.4, 0.5) is 5.69 Å². The van der Waals surface area contributed by atoms with Crippen molar-refractivity contribution in [3.63, 3.8) is 0 Å². The van der Waals surface area contributed by atoms with Gasteiger partial charge in [-0.05, 0) is 30.9 Å². The first-order valence-electron chi connectivity index (χ1n) is 6.67. The predicted molar refractivity (Wildman–Crippen MR) is 101 cm³/mol. The van der Waals surface area contributed by atoms with Crippen LogP contribution >= 0.6 is 46.7 Å². The minimum atomic E-state index is 0. The zero-order valence-corrected chi connectivity index (χ0v) is 15.4. The first-order chi connectivity index (χ1) is 10.1. The number of fused-ring (bicyclic) bond motifs is 1. The van der Waals surface area contributed by atoms with Crippen LogP contribution in [-0.4, -0.2) is 4.98 Å². The molecule has 0 radical (unpaired) electrons. The van der Waals surface area contributed by atoms with E-state index in [4.69, 9.17) is 17.3 Å². The van der Waals surface area contributed by atoms with E-state index in [-0.39, 0.29) is 18.4 Å². The molecule has 3 heterocycles. The van der Waals surface area contributed by atoms with Crippen LogP contribution in [0, 0.1) is 6.92 Å². The number of nitrogens with zero attached hydrogens (tertiary/aromatic N) is 1. The maximum atomic E-state index is 6.17. The Balaban J connectivity index is 0.00000176. The van der Waals surface area contributed by atoms with Crippen LogP contribution < -0.4 is 11.1 Å². The Hall–Kier alpha value is -0.850. The van der Waals surface area contributed by atoms with Gasteiger partial charge in [-0.1, -0.05) is 17.7 Å². The second kappa shape index (κ2) is 7.15. The third kappa shape index (κ3) is 3.39. The van der Waals surface area contributed by atoms with E-state index in [0.29, 0.717) is 5.15 Å². The normalized spacial score (nSPS) is 12.2. The summed E-state index contributed by atoms with van der Waals surface area (Å²) in [6, 6.07) is 6.07. The number of nitrogens with one attached hydrogen (secondary N) is 1. The molecule has 1 atom stereocenters. The van der Waals surface area contributed by atoms with Gasteiger partial charge in [-0.2, -0.15) is 0 Å². The Morgan fingerprint density at radius 1 is 1.45 bits per heavy atom. The highest BCUT2D eigenvalue weighted by atomic mass is 35.5. The van der Waals surface area contributed by atoms with Crippen molar-refractivity contribution in [3.8, 4) is 0 Å². The molecule has 0 saturated carbocycles. The molecular formula is C15H17Cl2N3S2. The van der Waals surface area contributed by atoms with Gasteiger partial charge in [-0.25, -0.2) is 4.98 Å². The number of thiophene rings is 2. The number of halogens is 2. The fourth-order valence-electron chi connectivity index (χ4n) is 2.32. The largest absolute Gasteiger partial charge is 0.379 e. The molecule has 0 spiro atoms. The number of aromatic nitrogens is 1. The summed E-state index contributed by atoms with van der Waals surface area (Å²) in [7, 11) is 0. The molecule has 22 heavy (non-hydrogen) atoms. The van der Waals surface area contributed by atoms with Crippen molar-refractivity contribution in [1.29, 1.82) is 0 Å². The number of aryl methyl sites for hydroxylation is 1. The Bertz CT molecular complexity index is 767. The lowest BCUT2D eigenvalue weighted by Gasteiger charge is -2.06. The second-order valence-corrected chi connectivity index (χ2v) is 7.45. The van der Waals surface area contributed by atoms with Gasteiger partial charge in [0.1, 0.15) is 5.15 Å². The molecule has 3 N–H and O–H groups in total. The number of hydrogen-bond acceptors (Lipinski definition) is 5. The topological polar surface area (TPSA) is 50.9 Å². The predicted octanol–water partition coefficient (Wildman–Crippen LogP) is 5.37. The number of anilines is 1. The zero-order chi connectivity index (χ0) is 15.0. The van der Waals surface area contributed by atoms with Crippen LogP contribution in [0.2, 0.25) is 5.15 Å². The van der Waals surface area contributed by atoms with E-state index in [1.807, 2.05) is 13.0 Å². The molecule has 0 aliphatic rings. The van der Waals surface area contributed by atoms with Gasteiger partial charge in [0.05, 0.1) is 15.9 Å². The molecule has 0 aromatic carbocycles. The van der Waals surface area contributed by atoms with Gasteiger partial charge in [0.25, 0.3) is 0 Å². The molecule has 7 heteroatoms. The van der Waals surface area contributed by atoms with Crippen LogP contribution in [0.5, 0.6) is 0 Å². The molecule has 0 fully saturated rings. The van der Waals surface area contributed by atoms with E-state index in [1.54, 1.807) is 22.7 Å². The lowest BCUT2D eigenvalue weighted by Crippen LogP contribution is -2.03. The molecule has 0 amide bonds. The molecule has 3 rings (SSSR count). The second-order valence-electron chi connectivity index (χ2n) is 4.98. The van der Waals surface area contributed by atoms with E-state index in [0.717, 1.165) is 28.0 Å². The van der Waals surface area contributed by atoms with Crippen LogP contribution in [0.15, 0.2) is 23.6 Å². The maximum absolute atomic E-state index is 6.17. The molecule has 118 valence electrons. The summed E-state index contributed by atoms with van der Waals surface area (Å²) >= 11 is 9.61. The minimum absolute atomic E-state index is 0. The van der Waals surface area contributed by atoms with Gasteiger partial charge in [0.2, 0.25) is 0 Å². The minimum Gasteiger partial charge on any atom is -0.379 e. The van der Waals surface area contributed by atoms with Crippen molar-refractivity contribution < 1.29 is 0 Å². The highest BCUT2D eigenvalue weighted by molar-refractivity contribution is 7.20. The quantitative estimate of drug-likeness (QED) is 0.604. The Morgan fingerprint density at radius 2 is 2.23 bits per heavy atom. The number of hydrogen-bond donors (Lipinski definition) is 2. The first-order valence-corrected chi connectivity index (χ1v) is 8.75. The average Bonchev–Trinajstić information content (AvgIpc) is 3.05. The SMILES string of the molecule is Cc1c([C@H](C)N)sc2c(NCc3cccs3)cc(Cl)nc12.Cl. The van der Waals surface area contributed by atoms with E-state index >= 15 is 0 Å². The van der Waals surface area contributed by atoms with Crippen molar-refractivity contribution >= 4 is 62.6 Å². The monoisotopic (exact) mass is 373 g/mol. The fourth-order valence-corrected chi connectivity index (χ4v) is 4.35. The molecule has 0 unspecified atom stereocenters.